The highest BCUT2D eigenvalue weighted by atomic mass is 32.2. The van der Waals surface area contributed by atoms with Crippen LogP contribution in [0.4, 0.5) is 0 Å². The monoisotopic (exact) mass is 405 g/mol. The molecule has 0 aliphatic heterocycles. The van der Waals surface area contributed by atoms with Crippen LogP contribution in [0.2, 0.25) is 0 Å². The second kappa shape index (κ2) is 9.59. The lowest BCUT2D eigenvalue weighted by molar-refractivity contribution is -0.0258. The number of sulfonamides is 1. The summed E-state index contributed by atoms with van der Waals surface area (Å²) in [5.74, 6) is -1.02. The maximum Gasteiger partial charge on any atom is 0.338 e. The lowest BCUT2D eigenvalue weighted by Crippen LogP contribution is -2.25. The zero-order valence-corrected chi connectivity index (χ0v) is 16.9. The van der Waals surface area contributed by atoms with Gasteiger partial charge in [-0.1, -0.05) is 42.1 Å². The van der Waals surface area contributed by atoms with Crippen molar-refractivity contribution in [2.75, 3.05) is 20.8 Å². The minimum absolute atomic E-state index is 0.0309. The molecule has 8 heteroatoms. The number of hydroxylamine groups is 1. The highest BCUT2D eigenvalue weighted by molar-refractivity contribution is 7.89. The maximum atomic E-state index is 12.2. The fourth-order valence-electron chi connectivity index (χ4n) is 2.45. The van der Waals surface area contributed by atoms with Crippen LogP contribution in [0.5, 0.6) is 0 Å². The van der Waals surface area contributed by atoms with Crippen molar-refractivity contribution in [3.05, 3.63) is 65.2 Å². The van der Waals surface area contributed by atoms with Crippen molar-refractivity contribution in [3.63, 3.8) is 0 Å². The second-order valence-corrected chi connectivity index (χ2v) is 8.00. The molecule has 2 aromatic carbocycles. The van der Waals surface area contributed by atoms with Crippen molar-refractivity contribution in [3.8, 4) is 0 Å². The molecule has 2 aromatic rings. The Hall–Kier alpha value is -2.55. The Morgan fingerprint density at radius 2 is 1.54 bits per heavy atom. The number of esters is 1. The van der Waals surface area contributed by atoms with Crippen LogP contribution in [-0.2, 0) is 26.0 Å². The number of rotatable bonds is 9. The van der Waals surface area contributed by atoms with E-state index in [1.54, 1.807) is 12.1 Å². The summed E-state index contributed by atoms with van der Waals surface area (Å²) < 4.78 is 30.0. The van der Waals surface area contributed by atoms with E-state index in [4.69, 9.17) is 9.57 Å². The first-order valence-corrected chi connectivity index (χ1v) is 10.2. The predicted octanol–water partition coefficient (Wildman–Crippen LogP) is 2.86. The molecule has 0 fully saturated rings. The molecule has 0 spiro atoms. The summed E-state index contributed by atoms with van der Waals surface area (Å²) in [6.07, 6.45) is 1.96. The van der Waals surface area contributed by atoms with Gasteiger partial charge in [0.2, 0.25) is 0 Å². The van der Waals surface area contributed by atoms with E-state index in [-0.39, 0.29) is 16.2 Å². The molecular formula is C20H23NO6S. The van der Waals surface area contributed by atoms with Gasteiger partial charge in [0.1, 0.15) is 0 Å². The van der Waals surface area contributed by atoms with Gasteiger partial charge in [-0.3, -0.25) is 9.63 Å². The number of ether oxygens (including phenoxy) is 1. The number of carbonyl (C=O) groups excluding carboxylic acids is 2. The van der Waals surface area contributed by atoms with Crippen molar-refractivity contribution in [2.24, 2.45) is 0 Å². The minimum atomic E-state index is -3.80. The molecular weight excluding hydrogens is 382 g/mol. The van der Waals surface area contributed by atoms with Crippen molar-refractivity contribution in [1.29, 1.82) is 0 Å². The van der Waals surface area contributed by atoms with Crippen LogP contribution in [0.25, 0.3) is 0 Å². The number of nitrogens with zero attached hydrogens (tertiary/aromatic N) is 1. The van der Waals surface area contributed by atoms with Gasteiger partial charge in [-0.05, 0) is 36.2 Å². The van der Waals surface area contributed by atoms with Gasteiger partial charge in [0.05, 0.1) is 17.6 Å². The molecule has 0 bridgehead atoms. The first kappa shape index (κ1) is 21.7. The summed E-state index contributed by atoms with van der Waals surface area (Å²) in [7, 11) is -1.30. The van der Waals surface area contributed by atoms with Gasteiger partial charge in [-0.15, -0.1) is 0 Å². The summed E-state index contributed by atoms with van der Waals surface area (Å²) in [5, 5.41) is 0. The highest BCUT2D eigenvalue weighted by Gasteiger charge is 2.21. The van der Waals surface area contributed by atoms with Gasteiger partial charge < -0.3 is 4.74 Å². The van der Waals surface area contributed by atoms with Crippen LogP contribution in [0.15, 0.2) is 53.4 Å². The normalized spacial score (nSPS) is 11.4. The molecule has 0 atom stereocenters. The van der Waals surface area contributed by atoms with E-state index < -0.39 is 22.6 Å². The summed E-state index contributed by atoms with van der Waals surface area (Å²) in [6, 6.07) is 12.4. The zero-order chi connectivity index (χ0) is 20.7. The molecule has 2 rings (SSSR count). The fourth-order valence-corrected chi connectivity index (χ4v) is 3.43. The summed E-state index contributed by atoms with van der Waals surface area (Å²) in [6.45, 7) is 1.69. The molecule has 0 heterocycles. The Balaban J connectivity index is 1.98. The fraction of sp³-hybridized carbons (Fsp3) is 0.300. The molecule has 0 aliphatic carbocycles. The number of aryl methyl sites for hydroxylation is 1. The summed E-state index contributed by atoms with van der Waals surface area (Å²) >= 11 is 0. The van der Waals surface area contributed by atoms with Crippen molar-refractivity contribution in [2.45, 2.75) is 24.7 Å². The Kier molecular flexibility index (Phi) is 7.45. The van der Waals surface area contributed by atoms with Crippen molar-refractivity contribution >= 4 is 21.8 Å². The molecule has 0 N–H and O–H groups in total. The molecule has 0 aliphatic rings. The number of hydrogen-bond acceptors (Lipinski definition) is 6. The Bertz CT molecular complexity index is 920. The van der Waals surface area contributed by atoms with Crippen molar-refractivity contribution in [1.82, 2.24) is 4.47 Å². The van der Waals surface area contributed by atoms with E-state index in [9.17, 15) is 18.0 Å². The molecule has 150 valence electrons. The zero-order valence-electron chi connectivity index (χ0n) is 16.0. The Labute approximate surface area is 164 Å². The van der Waals surface area contributed by atoms with Crippen LogP contribution >= 0.6 is 0 Å². The van der Waals surface area contributed by atoms with Crippen LogP contribution in [0.3, 0.4) is 0 Å². The van der Waals surface area contributed by atoms with E-state index in [2.05, 4.69) is 6.92 Å². The average Bonchev–Trinajstić information content (AvgIpc) is 2.71. The molecule has 0 saturated carbocycles. The number of carbonyl (C=O) groups is 2. The summed E-state index contributed by atoms with van der Waals surface area (Å²) in [4.78, 5) is 28.9. The first-order chi connectivity index (χ1) is 13.3. The third-order valence-corrected chi connectivity index (χ3v) is 5.83. The lowest BCUT2D eigenvalue weighted by atomic mass is 10.1. The number of hydrogen-bond donors (Lipinski definition) is 0. The maximum absolute atomic E-state index is 12.2. The predicted molar refractivity (Wildman–Crippen MR) is 103 cm³/mol. The SMILES string of the molecule is CCCc1ccc(C(=O)COC(=O)c2ccc(S(=O)(=O)N(C)OC)cc2)cc1. The van der Waals surface area contributed by atoms with Crippen molar-refractivity contribution < 1.29 is 27.6 Å². The average molecular weight is 405 g/mol. The van der Waals surface area contributed by atoms with Crippen LogP contribution < -0.4 is 0 Å². The minimum Gasteiger partial charge on any atom is -0.454 e. The first-order valence-electron chi connectivity index (χ1n) is 8.72. The van der Waals surface area contributed by atoms with Gasteiger partial charge >= 0.3 is 5.97 Å². The van der Waals surface area contributed by atoms with Gasteiger partial charge in [-0.25, -0.2) is 13.2 Å². The molecule has 7 nitrogen and oxygen atoms in total. The second-order valence-electron chi connectivity index (χ2n) is 6.07. The van der Waals surface area contributed by atoms with Crippen LogP contribution in [0.1, 0.15) is 39.6 Å². The lowest BCUT2D eigenvalue weighted by Gasteiger charge is -2.14. The topological polar surface area (TPSA) is 90.0 Å². The number of ketones is 1. The molecule has 0 aromatic heterocycles. The van der Waals surface area contributed by atoms with Gasteiger partial charge in [-0.2, -0.15) is 0 Å². The molecule has 0 saturated heterocycles. The Morgan fingerprint density at radius 1 is 0.964 bits per heavy atom. The molecule has 28 heavy (non-hydrogen) atoms. The van der Waals surface area contributed by atoms with E-state index in [1.165, 1.54) is 38.4 Å². The Morgan fingerprint density at radius 3 is 2.07 bits per heavy atom. The largest absolute Gasteiger partial charge is 0.454 e. The van der Waals surface area contributed by atoms with Gasteiger partial charge in [0.15, 0.2) is 12.4 Å². The molecule has 0 radical (unpaired) electrons. The van der Waals surface area contributed by atoms with Gasteiger partial charge in [0, 0.05) is 12.6 Å². The van der Waals surface area contributed by atoms with Crippen LogP contribution in [0, 0.1) is 0 Å². The van der Waals surface area contributed by atoms with Crippen LogP contribution in [-0.4, -0.2) is 45.4 Å². The highest BCUT2D eigenvalue weighted by Crippen LogP contribution is 2.16. The van der Waals surface area contributed by atoms with E-state index in [0.717, 1.165) is 18.4 Å². The number of Topliss-reactive ketones (excluding diaryl/α,β-unsaturated/α-hetero) is 1. The van der Waals surface area contributed by atoms with E-state index >= 15 is 0 Å². The van der Waals surface area contributed by atoms with Gasteiger partial charge in [0.25, 0.3) is 10.0 Å². The molecule has 0 unspecified atom stereocenters. The van der Waals surface area contributed by atoms with E-state index in [0.29, 0.717) is 10.0 Å². The third kappa shape index (κ3) is 5.25. The van der Waals surface area contributed by atoms with E-state index in [1.807, 2.05) is 12.1 Å². The third-order valence-electron chi connectivity index (χ3n) is 4.13. The smallest absolute Gasteiger partial charge is 0.338 e. The molecule has 0 amide bonds. The summed E-state index contributed by atoms with van der Waals surface area (Å²) in [5.41, 5.74) is 1.76. The standard InChI is InChI=1S/C20H23NO6S/c1-4-5-15-6-8-16(9-7-15)19(22)14-27-20(23)17-10-12-18(13-11-17)28(24,25)21(2)26-3/h6-13H,4-5,14H2,1-3H3. The quantitative estimate of drug-likeness (QED) is 0.362. The number of benzene rings is 2.